The number of carbonyl (C=O) groups is 1. The zero-order valence-electron chi connectivity index (χ0n) is 17.6. The molecule has 1 aliphatic rings. The van der Waals surface area contributed by atoms with E-state index in [2.05, 4.69) is 0 Å². The Hall–Kier alpha value is -3.44. The normalized spacial score (nSPS) is 15.0. The van der Waals surface area contributed by atoms with Crippen molar-refractivity contribution >= 4 is 27.7 Å². The summed E-state index contributed by atoms with van der Waals surface area (Å²) >= 11 is 0. The highest BCUT2D eigenvalue weighted by Gasteiger charge is 2.30. The van der Waals surface area contributed by atoms with Crippen LogP contribution < -0.4 is 9.47 Å². The Morgan fingerprint density at radius 2 is 1.62 bits per heavy atom. The summed E-state index contributed by atoms with van der Waals surface area (Å²) in [6.45, 7) is 0.813. The van der Waals surface area contributed by atoms with Gasteiger partial charge in [0.1, 0.15) is 0 Å². The van der Waals surface area contributed by atoms with E-state index in [1.54, 1.807) is 23.1 Å². The third-order valence-electron chi connectivity index (χ3n) is 5.07. The number of piperazine rings is 1. The van der Waals surface area contributed by atoms with Crippen LogP contribution in [0.25, 0.3) is 6.08 Å². The Balaban J connectivity index is 1.62. The second-order valence-electron chi connectivity index (χ2n) is 6.93. The van der Waals surface area contributed by atoms with Gasteiger partial charge in [-0.05, 0) is 35.9 Å². The largest absolute Gasteiger partial charge is 0.493 e. The molecule has 0 aromatic heterocycles. The van der Waals surface area contributed by atoms with Crippen molar-refractivity contribution in [3.63, 3.8) is 0 Å². The zero-order valence-corrected chi connectivity index (χ0v) is 18.4. The summed E-state index contributed by atoms with van der Waals surface area (Å²) in [4.78, 5) is 24.3. The van der Waals surface area contributed by atoms with Gasteiger partial charge in [0.15, 0.2) is 11.5 Å². The van der Waals surface area contributed by atoms with Crippen molar-refractivity contribution in [2.75, 3.05) is 40.4 Å². The number of nitro groups is 1. The Morgan fingerprint density at radius 3 is 2.19 bits per heavy atom. The van der Waals surface area contributed by atoms with E-state index in [1.807, 2.05) is 0 Å². The number of carbonyl (C=O) groups excluding carboxylic acids is 1. The van der Waals surface area contributed by atoms with Gasteiger partial charge >= 0.3 is 0 Å². The molecule has 170 valence electrons. The van der Waals surface area contributed by atoms with E-state index in [0.29, 0.717) is 17.1 Å². The van der Waals surface area contributed by atoms with Crippen molar-refractivity contribution in [1.82, 2.24) is 9.21 Å². The third-order valence-corrected chi connectivity index (χ3v) is 6.96. The van der Waals surface area contributed by atoms with Crippen molar-refractivity contribution in [2.24, 2.45) is 0 Å². The highest BCUT2D eigenvalue weighted by Crippen LogP contribution is 2.30. The molecule has 0 saturated carbocycles. The van der Waals surface area contributed by atoms with Gasteiger partial charge in [-0.25, -0.2) is 8.42 Å². The molecule has 1 heterocycles. The number of methoxy groups -OCH3 is 2. The zero-order chi connectivity index (χ0) is 23.3. The molecule has 0 unspecified atom stereocenters. The fourth-order valence-corrected chi connectivity index (χ4v) is 4.69. The van der Waals surface area contributed by atoms with Crippen molar-refractivity contribution in [3.05, 3.63) is 64.2 Å². The molecular formula is C21H23N3O7S. The average molecular weight is 461 g/mol. The number of ether oxygens (including phenoxy) is 2. The minimum Gasteiger partial charge on any atom is -0.493 e. The summed E-state index contributed by atoms with van der Waals surface area (Å²) < 4.78 is 37.6. The molecule has 0 atom stereocenters. The SMILES string of the molecule is COc1ccc(S(=O)(=O)N2CCN(C(=O)C=Cc3ccc([N+](=O)[O-])cc3)CC2)cc1OC. The van der Waals surface area contributed by atoms with E-state index in [4.69, 9.17) is 9.47 Å². The standard InChI is InChI=1S/C21H23N3O7S/c1-30-19-9-8-18(15-20(19)31-2)32(28,29)23-13-11-22(12-14-23)21(25)10-5-16-3-6-17(7-4-16)24(26)27/h3-10,15H,11-14H2,1-2H3. The number of hydrogen-bond donors (Lipinski definition) is 0. The number of amides is 1. The number of hydrogen-bond acceptors (Lipinski definition) is 7. The molecule has 32 heavy (non-hydrogen) atoms. The van der Waals surface area contributed by atoms with Crippen LogP contribution in [0, 0.1) is 10.1 Å². The molecule has 0 radical (unpaired) electrons. The molecule has 2 aromatic carbocycles. The van der Waals surface area contributed by atoms with Gasteiger partial charge in [-0.3, -0.25) is 14.9 Å². The molecule has 1 saturated heterocycles. The van der Waals surface area contributed by atoms with Gasteiger partial charge in [-0.15, -0.1) is 0 Å². The lowest BCUT2D eigenvalue weighted by Crippen LogP contribution is -2.50. The number of non-ortho nitro benzene ring substituents is 1. The van der Waals surface area contributed by atoms with E-state index < -0.39 is 14.9 Å². The molecule has 1 amide bonds. The maximum atomic E-state index is 13.0. The molecule has 0 aliphatic carbocycles. The van der Waals surface area contributed by atoms with Gasteiger partial charge in [0.25, 0.3) is 5.69 Å². The van der Waals surface area contributed by atoms with Crippen LogP contribution in [0.3, 0.4) is 0 Å². The van der Waals surface area contributed by atoms with Gasteiger partial charge in [-0.1, -0.05) is 0 Å². The van der Waals surface area contributed by atoms with Gasteiger partial charge in [0.05, 0.1) is 24.0 Å². The topological polar surface area (TPSA) is 119 Å². The monoisotopic (exact) mass is 461 g/mol. The van der Waals surface area contributed by atoms with Crippen molar-refractivity contribution in [2.45, 2.75) is 4.90 Å². The Bertz CT molecular complexity index is 1120. The molecule has 0 N–H and O–H groups in total. The van der Waals surface area contributed by atoms with Gasteiger partial charge in [0.2, 0.25) is 15.9 Å². The van der Waals surface area contributed by atoms with E-state index in [9.17, 15) is 23.3 Å². The first-order valence-corrected chi connectivity index (χ1v) is 11.1. The van der Waals surface area contributed by atoms with Crippen LogP contribution in [0.1, 0.15) is 5.56 Å². The van der Waals surface area contributed by atoms with Gasteiger partial charge in [-0.2, -0.15) is 4.31 Å². The first kappa shape index (κ1) is 23.2. The van der Waals surface area contributed by atoms with E-state index in [-0.39, 0.29) is 42.7 Å². The number of sulfonamides is 1. The maximum Gasteiger partial charge on any atom is 0.269 e. The van der Waals surface area contributed by atoms with Crippen molar-refractivity contribution in [3.8, 4) is 11.5 Å². The lowest BCUT2D eigenvalue weighted by molar-refractivity contribution is -0.384. The summed E-state index contributed by atoms with van der Waals surface area (Å²) in [7, 11) is -0.844. The summed E-state index contributed by atoms with van der Waals surface area (Å²) in [5.41, 5.74) is 0.624. The first-order chi connectivity index (χ1) is 15.3. The predicted octanol–water partition coefficient (Wildman–Crippen LogP) is 2.16. The summed E-state index contributed by atoms with van der Waals surface area (Å²) in [6.07, 6.45) is 2.94. The van der Waals surface area contributed by atoms with Crippen LogP contribution in [0.2, 0.25) is 0 Å². The minimum atomic E-state index is -3.75. The Morgan fingerprint density at radius 1 is 1.00 bits per heavy atom. The van der Waals surface area contributed by atoms with Crippen LogP contribution in [-0.4, -0.2) is 68.9 Å². The molecule has 1 fully saturated rings. The number of benzene rings is 2. The molecule has 1 aliphatic heterocycles. The molecule has 3 rings (SSSR count). The van der Waals surface area contributed by atoms with Crippen LogP contribution in [0.4, 0.5) is 5.69 Å². The Kier molecular flexibility index (Phi) is 7.11. The molecular weight excluding hydrogens is 438 g/mol. The Labute approximate surface area is 185 Å². The smallest absolute Gasteiger partial charge is 0.269 e. The maximum absolute atomic E-state index is 13.0. The fourth-order valence-electron chi connectivity index (χ4n) is 3.25. The second-order valence-corrected chi connectivity index (χ2v) is 8.87. The highest BCUT2D eigenvalue weighted by atomic mass is 32.2. The van der Waals surface area contributed by atoms with E-state index in [1.165, 1.54) is 54.9 Å². The number of nitrogens with zero attached hydrogens (tertiary/aromatic N) is 3. The molecule has 10 nitrogen and oxygen atoms in total. The molecule has 0 spiro atoms. The number of nitro benzene ring substituents is 1. The van der Waals surface area contributed by atoms with Crippen molar-refractivity contribution < 1.29 is 27.6 Å². The van der Waals surface area contributed by atoms with E-state index >= 15 is 0 Å². The van der Waals surface area contributed by atoms with Crippen LogP contribution in [0.5, 0.6) is 11.5 Å². The lowest BCUT2D eigenvalue weighted by atomic mass is 10.2. The van der Waals surface area contributed by atoms with Crippen LogP contribution in [0.15, 0.2) is 53.4 Å². The number of rotatable bonds is 7. The fraction of sp³-hybridized carbons (Fsp3) is 0.286. The van der Waals surface area contributed by atoms with Crippen LogP contribution >= 0.6 is 0 Å². The quantitative estimate of drug-likeness (QED) is 0.352. The summed E-state index contributed by atoms with van der Waals surface area (Å²) in [5.74, 6) is 0.493. The summed E-state index contributed by atoms with van der Waals surface area (Å²) in [6, 6.07) is 10.2. The predicted molar refractivity (Wildman–Crippen MR) is 117 cm³/mol. The summed E-state index contributed by atoms with van der Waals surface area (Å²) in [5, 5.41) is 10.7. The minimum absolute atomic E-state index is 0.0275. The molecule has 0 bridgehead atoms. The van der Waals surface area contributed by atoms with Gasteiger partial charge < -0.3 is 14.4 Å². The molecule has 11 heteroatoms. The molecule has 2 aromatic rings. The van der Waals surface area contributed by atoms with Crippen molar-refractivity contribution in [1.29, 1.82) is 0 Å². The average Bonchev–Trinajstić information content (AvgIpc) is 2.82. The second kappa shape index (κ2) is 9.79. The first-order valence-electron chi connectivity index (χ1n) is 9.70. The highest BCUT2D eigenvalue weighted by molar-refractivity contribution is 7.89. The van der Waals surface area contributed by atoms with Crippen LogP contribution in [-0.2, 0) is 14.8 Å². The van der Waals surface area contributed by atoms with E-state index in [0.717, 1.165) is 0 Å². The third kappa shape index (κ3) is 5.06. The van der Waals surface area contributed by atoms with Gasteiger partial charge in [0, 0.05) is 50.5 Å². The lowest BCUT2D eigenvalue weighted by Gasteiger charge is -2.33.